The van der Waals surface area contributed by atoms with E-state index in [1.807, 2.05) is 0 Å². The Morgan fingerprint density at radius 2 is 0.500 bits per heavy atom. The molecule has 0 aliphatic carbocycles. The lowest BCUT2D eigenvalue weighted by Gasteiger charge is -2.47. The molecule has 1 atom stereocenters. The van der Waals surface area contributed by atoms with E-state index in [0.29, 0.717) is 0 Å². The summed E-state index contributed by atoms with van der Waals surface area (Å²) in [6, 6.07) is 0. The first-order valence-electron chi connectivity index (χ1n) is 6.44. The Labute approximate surface area is 158 Å². The van der Waals surface area contributed by atoms with Crippen LogP contribution in [-0.4, -0.2) is 64.8 Å². The molecular formula is C10HF21O. The summed E-state index contributed by atoms with van der Waals surface area (Å²) < 4.78 is 268. The summed E-state index contributed by atoms with van der Waals surface area (Å²) in [5.41, 5.74) is -18.2. The van der Waals surface area contributed by atoms with Gasteiger partial charge in [0.25, 0.3) is 0 Å². The lowest BCUT2D eigenvalue weighted by Crippen LogP contribution is -2.81. The van der Waals surface area contributed by atoms with Crippen molar-refractivity contribution in [2.45, 2.75) is 59.7 Å². The zero-order valence-electron chi connectivity index (χ0n) is 13.4. The third-order valence-corrected chi connectivity index (χ3v) is 3.64. The van der Waals surface area contributed by atoms with Gasteiger partial charge in [-0.3, -0.25) is 0 Å². The van der Waals surface area contributed by atoms with Crippen LogP contribution < -0.4 is 0 Å². The maximum atomic E-state index is 13.6. The SMILES string of the molecule is OC(F)(F)C(F)(F)C(F)(C(F)(F)F)C(F)(F)C(F)(F)C(F)(F)C(F)(C(F)(F)F)C(F)(F)F. The van der Waals surface area contributed by atoms with Gasteiger partial charge in [0.15, 0.2) is 0 Å². The molecule has 194 valence electrons. The maximum absolute atomic E-state index is 13.6. The molecule has 0 rings (SSSR count). The number of aliphatic hydroxyl groups is 1. The van der Waals surface area contributed by atoms with Crippen LogP contribution in [0.3, 0.4) is 0 Å². The molecule has 1 nitrogen and oxygen atoms in total. The summed E-state index contributed by atoms with van der Waals surface area (Å²) in [7, 11) is 0. The molecule has 0 aromatic heterocycles. The van der Waals surface area contributed by atoms with Crippen LogP contribution in [0.5, 0.6) is 0 Å². The zero-order valence-corrected chi connectivity index (χ0v) is 13.4. The van der Waals surface area contributed by atoms with Crippen LogP contribution in [0.4, 0.5) is 92.2 Å². The van der Waals surface area contributed by atoms with Gasteiger partial charge in [0.2, 0.25) is 0 Å². The predicted molar refractivity (Wildman–Crippen MR) is 52.8 cm³/mol. The van der Waals surface area contributed by atoms with Gasteiger partial charge in [-0.05, 0) is 0 Å². The van der Waals surface area contributed by atoms with E-state index < -0.39 is 59.7 Å². The molecule has 0 bridgehead atoms. The van der Waals surface area contributed by atoms with Gasteiger partial charge in [-0.1, -0.05) is 0 Å². The molecule has 0 aromatic carbocycles. The van der Waals surface area contributed by atoms with E-state index in [2.05, 4.69) is 0 Å². The molecule has 0 spiro atoms. The average molecular weight is 536 g/mol. The Bertz CT molecular complexity index is 673. The molecule has 32 heavy (non-hydrogen) atoms. The number of halogens is 21. The molecule has 0 aliphatic rings. The van der Waals surface area contributed by atoms with Crippen molar-refractivity contribution in [1.82, 2.24) is 0 Å². The van der Waals surface area contributed by atoms with Gasteiger partial charge in [0.1, 0.15) is 0 Å². The van der Waals surface area contributed by atoms with Crippen LogP contribution in [0.2, 0.25) is 0 Å². The molecule has 0 heterocycles. The zero-order chi connectivity index (χ0) is 27.0. The van der Waals surface area contributed by atoms with Crippen molar-refractivity contribution < 1.29 is 97.3 Å². The Kier molecular flexibility index (Phi) is 6.67. The second kappa shape index (κ2) is 7.00. The summed E-state index contributed by atoms with van der Waals surface area (Å²) in [5, 5.41) is 7.47. The van der Waals surface area contributed by atoms with Crippen molar-refractivity contribution in [3.63, 3.8) is 0 Å². The minimum absolute atomic E-state index is 7.47. The minimum atomic E-state index is -9.45. The molecular weight excluding hydrogens is 535 g/mol. The summed E-state index contributed by atoms with van der Waals surface area (Å²) >= 11 is 0. The second-order valence-corrected chi connectivity index (χ2v) is 5.65. The fraction of sp³-hybridized carbons (Fsp3) is 1.00. The molecule has 1 unspecified atom stereocenters. The Morgan fingerprint density at radius 3 is 0.688 bits per heavy atom. The van der Waals surface area contributed by atoms with E-state index in [1.165, 1.54) is 0 Å². The van der Waals surface area contributed by atoms with Crippen molar-refractivity contribution in [2.75, 3.05) is 0 Å². The van der Waals surface area contributed by atoms with Crippen LogP contribution >= 0.6 is 0 Å². The molecule has 22 heteroatoms. The quantitative estimate of drug-likeness (QED) is 0.401. The first-order valence-corrected chi connectivity index (χ1v) is 6.44. The summed E-state index contributed by atoms with van der Waals surface area (Å²) in [4.78, 5) is 0. The standard InChI is InChI=1S/C10HF21O/c11-1(7(21,22)23,5(17,18)10(30,31)32)3(13,14)6(19,20)4(15,16)2(12,8(24,25)26)9(27,28)29/h32H. The van der Waals surface area contributed by atoms with E-state index in [-0.39, 0.29) is 0 Å². The maximum Gasteiger partial charge on any atom is 0.438 e. The fourth-order valence-corrected chi connectivity index (χ4v) is 1.91. The molecule has 0 amide bonds. The number of hydrogen-bond donors (Lipinski definition) is 1. The molecule has 0 radical (unpaired) electrons. The van der Waals surface area contributed by atoms with Gasteiger partial charge >= 0.3 is 59.7 Å². The molecule has 0 fully saturated rings. The lowest BCUT2D eigenvalue weighted by molar-refractivity contribution is -0.490. The van der Waals surface area contributed by atoms with Crippen molar-refractivity contribution in [2.24, 2.45) is 0 Å². The normalized spacial score (nSPS) is 18.6. The minimum Gasteiger partial charge on any atom is -0.331 e. The molecule has 0 saturated heterocycles. The van der Waals surface area contributed by atoms with Gasteiger partial charge in [-0.15, -0.1) is 0 Å². The highest BCUT2D eigenvalue weighted by Gasteiger charge is 3.01. The summed E-state index contributed by atoms with van der Waals surface area (Å²) in [6.07, 6.45) is -33.5. The highest BCUT2D eigenvalue weighted by atomic mass is 19.4. The second-order valence-electron chi connectivity index (χ2n) is 5.65. The largest absolute Gasteiger partial charge is 0.438 e. The van der Waals surface area contributed by atoms with Crippen molar-refractivity contribution >= 4 is 0 Å². The molecule has 0 aromatic rings. The summed E-state index contributed by atoms with van der Waals surface area (Å²) in [6.45, 7) is 0. The fourth-order valence-electron chi connectivity index (χ4n) is 1.91. The first kappa shape index (κ1) is 30.5. The van der Waals surface area contributed by atoms with Crippen LogP contribution in [0.25, 0.3) is 0 Å². The molecule has 0 saturated carbocycles. The predicted octanol–water partition coefficient (Wildman–Crippen LogP) is 6.22. The number of hydrogen-bond acceptors (Lipinski definition) is 1. The van der Waals surface area contributed by atoms with Crippen LogP contribution in [0.1, 0.15) is 0 Å². The first-order chi connectivity index (χ1) is 13.2. The average Bonchev–Trinajstić information content (AvgIpc) is 2.47. The monoisotopic (exact) mass is 536 g/mol. The lowest BCUT2D eigenvalue weighted by atomic mass is 9.78. The van der Waals surface area contributed by atoms with Gasteiger partial charge < -0.3 is 5.11 Å². The smallest absolute Gasteiger partial charge is 0.331 e. The van der Waals surface area contributed by atoms with Crippen LogP contribution in [0, 0.1) is 0 Å². The van der Waals surface area contributed by atoms with Crippen molar-refractivity contribution in [3.05, 3.63) is 0 Å². The topological polar surface area (TPSA) is 20.2 Å². The van der Waals surface area contributed by atoms with Gasteiger partial charge in [-0.2, -0.15) is 83.4 Å². The van der Waals surface area contributed by atoms with E-state index in [0.717, 1.165) is 0 Å². The molecule has 1 N–H and O–H groups in total. The number of alkyl halides is 21. The van der Waals surface area contributed by atoms with Gasteiger partial charge in [-0.25, -0.2) is 8.78 Å². The van der Waals surface area contributed by atoms with Crippen LogP contribution in [0.15, 0.2) is 0 Å². The molecule has 0 aliphatic heterocycles. The Hall–Kier alpha value is -1.51. The highest BCUT2D eigenvalue weighted by Crippen LogP contribution is 2.68. The number of rotatable bonds is 6. The summed E-state index contributed by atoms with van der Waals surface area (Å²) in [5.74, 6) is -36.9. The van der Waals surface area contributed by atoms with Crippen LogP contribution in [-0.2, 0) is 0 Å². The van der Waals surface area contributed by atoms with Gasteiger partial charge in [0, 0.05) is 0 Å². The Balaban J connectivity index is 7.56. The van der Waals surface area contributed by atoms with Crippen molar-refractivity contribution in [1.29, 1.82) is 0 Å². The van der Waals surface area contributed by atoms with E-state index in [4.69, 9.17) is 5.11 Å². The highest BCUT2D eigenvalue weighted by molar-refractivity contribution is 5.22. The van der Waals surface area contributed by atoms with Gasteiger partial charge in [0.05, 0.1) is 0 Å². The van der Waals surface area contributed by atoms with E-state index in [9.17, 15) is 92.2 Å². The Morgan fingerprint density at radius 1 is 0.281 bits per heavy atom. The van der Waals surface area contributed by atoms with E-state index in [1.54, 1.807) is 0 Å². The van der Waals surface area contributed by atoms with Crippen molar-refractivity contribution in [3.8, 4) is 0 Å². The third-order valence-electron chi connectivity index (χ3n) is 3.64. The van der Waals surface area contributed by atoms with E-state index >= 15 is 0 Å². The third kappa shape index (κ3) is 3.41.